The molecule has 0 radical (unpaired) electrons. The minimum atomic E-state index is 0.976. The van der Waals surface area contributed by atoms with Crippen molar-refractivity contribution in [3.8, 4) is 0 Å². The fraction of sp³-hybridized carbons (Fsp3) is 0.143. The van der Waals surface area contributed by atoms with Crippen molar-refractivity contribution in [2.24, 2.45) is 0 Å². The van der Waals surface area contributed by atoms with Crippen LogP contribution in [0.15, 0.2) is 24.3 Å². The van der Waals surface area contributed by atoms with Gasteiger partial charge in [-0.15, -0.1) is 0 Å². The van der Waals surface area contributed by atoms with Gasteiger partial charge in [0, 0.05) is 0 Å². The Morgan fingerprint density at radius 3 is 2.25 bits per heavy atom. The van der Waals surface area contributed by atoms with Crippen LogP contribution in [0.4, 0.5) is 0 Å². The van der Waals surface area contributed by atoms with Crippen molar-refractivity contribution >= 4 is 2.60 Å². The van der Waals surface area contributed by atoms with E-state index in [0.29, 0.717) is 0 Å². The van der Waals surface area contributed by atoms with Crippen molar-refractivity contribution in [2.75, 3.05) is 0 Å². The molecule has 0 fully saturated rings. The molecule has 0 heterocycles. The quantitative estimate of drug-likeness (QED) is 0.670. The van der Waals surface area contributed by atoms with Gasteiger partial charge in [-0.25, -0.2) is 0 Å². The average molecular weight is 329 g/mol. The summed E-state index contributed by atoms with van der Waals surface area (Å²) in [5, 5.41) is 0. The molecular formula is C7H7U. The molecule has 0 nitrogen and oxygen atoms in total. The van der Waals surface area contributed by atoms with Crippen molar-refractivity contribution in [2.45, 2.75) is 6.92 Å². The summed E-state index contributed by atoms with van der Waals surface area (Å²) in [6.07, 6.45) is 0. The Morgan fingerprint density at radius 2 is 1.88 bits per heavy atom. The van der Waals surface area contributed by atoms with E-state index in [1.54, 1.807) is 0 Å². The predicted octanol–water partition coefficient (Wildman–Crippen LogP) is 1.17. The fourth-order valence-corrected chi connectivity index (χ4v) is 1.32. The normalized spacial score (nSPS) is 9.38. The summed E-state index contributed by atoms with van der Waals surface area (Å²) in [6, 6.07) is 8.54. The zero-order valence-corrected chi connectivity index (χ0v) is 8.97. The van der Waals surface area contributed by atoms with Gasteiger partial charge in [0.2, 0.25) is 0 Å². The zero-order chi connectivity index (χ0) is 5.98. The Morgan fingerprint density at radius 1 is 1.25 bits per heavy atom. The van der Waals surface area contributed by atoms with Gasteiger partial charge >= 0.3 is 68.8 Å². The van der Waals surface area contributed by atoms with Crippen LogP contribution in [0.1, 0.15) is 5.56 Å². The topological polar surface area (TPSA) is 0 Å². The second-order valence-corrected chi connectivity index (χ2v) is 4.06. The van der Waals surface area contributed by atoms with Gasteiger partial charge in [0.15, 0.2) is 0 Å². The van der Waals surface area contributed by atoms with Gasteiger partial charge in [-0.3, -0.25) is 0 Å². The molecule has 0 amide bonds. The molecule has 0 aliphatic heterocycles. The van der Waals surface area contributed by atoms with Crippen molar-refractivity contribution in [1.82, 2.24) is 0 Å². The summed E-state index contributed by atoms with van der Waals surface area (Å²) in [5.41, 5.74) is 1.44. The summed E-state index contributed by atoms with van der Waals surface area (Å²) in [6.45, 7) is 2.16. The molecular weight excluding hydrogens is 322 g/mol. The molecule has 39 valence electrons. The number of rotatable bonds is 0. The number of benzene rings is 1. The van der Waals surface area contributed by atoms with Crippen molar-refractivity contribution in [3.63, 3.8) is 0 Å². The van der Waals surface area contributed by atoms with Gasteiger partial charge < -0.3 is 0 Å². The van der Waals surface area contributed by atoms with Crippen molar-refractivity contribution in [3.05, 3.63) is 29.8 Å². The van der Waals surface area contributed by atoms with Gasteiger partial charge in [-0.2, -0.15) is 0 Å². The first-order valence-corrected chi connectivity index (χ1v) is 4.66. The number of hydrogen-bond acceptors (Lipinski definition) is 0. The Bertz CT molecular complexity index is 160. The molecule has 1 rings (SSSR count). The van der Waals surface area contributed by atoms with Crippen LogP contribution < -0.4 is 2.60 Å². The van der Waals surface area contributed by atoms with Crippen LogP contribution in [-0.4, -0.2) is 0 Å². The fourth-order valence-electron chi connectivity index (χ4n) is 0.573. The Balaban J connectivity index is 3.13. The Kier molecular flexibility index (Phi) is 2.17. The van der Waals surface area contributed by atoms with Gasteiger partial charge in [-0.1, -0.05) is 0 Å². The molecule has 0 aromatic heterocycles. The van der Waals surface area contributed by atoms with Crippen LogP contribution >= 0.6 is 0 Å². The molecule has 0 unspecified atom stereocenters. The molecule has 0 bridgehead atoms. The molecule has 0 N–H and O–H groups in total. The first-order chi connectivity index (χ1) is 3.80. The van der Waals surface area contributed by atoms with Crippen LogP contribution in [0, 0.1) is 36.3 Å². The second-order valence-electron chi connectivity index (χ2n) is 1.81. The Hall–Kier alpha value is 0.272. The van der Waals surface area contributed by atoms with E-state index in [4.69, 9.17) is 0 Å². The summed E-state index contributed by atoms with van der Waals surface area (Å²) < 4.78 is 1.54. The number of hydrogen-bond donors (Lipinski definition) is 0. The molecule has 0 atom stereocenters. The van der Waals surface area contributed by atoms with Crippen LogP contribution in [0.5, 0.6) is 0 Å². The maximum absolute atomic E-state index is 2.20. The molecule has 0 saturated carbocycles. The predicted molar refractivity (Wildman–Crippen MR) is 30.8 cm³/mol. The SMILES string of the molecule is Cc1cccc[c]1[U]. The molecule has 0 aliphatic rings. The monoisotopic (exact) mass is 329 g/mol. The molecule has 0 aliphatic carbocycles. The van der Waals surface area contributed by atoms with E-state index in [2.05, 4.69) is 31.2 Å². The Labute approximate surface area is 68.5 Å². The molecule has 1 aromatic rings. The van der Waals surface area contributed by atoms with Gasteiger partial charge in [0.1, 0.15) is 0 Å². The third-order valence-corrected chi connectivity index (χ3v) is 3.48. The average Bonchev–Trinajstić information content (AvgIpc) is 1.77. The van der Waals surface area contributed by atoms with Gasteiger partial charge in [0.25, 0.3) is 0 Å². The van der Waals surface area contributed by atoms with Crippen LogP contribution in [0.2, 0.25) is 0 Å². The maximum atomic E-state index is 2.20. The zero-order valence-electron chi connectivity index (χ0n) is 4.81. The van der Waals surface area contributed by atoms with E-state index in [-0.39, 0.29) is 0 Å². The molecule has 0 saturated heterocycles. The van der Waals surface area contributed by atoms with E-state index < -0.39 is 0 Å². The molecule has 0 spiro atoms. The molecule has 1 heteroatoms. The van der Waals surface area contributed by atoms with Gasteiger partial charge in [-0.05, 0) is 0 Å². The van der Waals surface area contributed by atoms with Gasteiger partial charge in [0.05, 0.1) is 0 Å². The third kappa shape index (κ3) is 1.37. The van der Waals surface area contributed by atoms with Crippen LogP contribution in [0.25, 0.3) is 0 Å². The standard InChI is InChI=1S/C7H7.U/c1-7-5-3-2-4-6-7;/h2-5H,1H3;. The summed E-state index contributed by atoms with van der Waals surface area (Å²) in [4.78, 5) is 0. The summed E-state index contributed by atoms with van der Waals surface area (Å²) >= 11 is 0.976. The van der Waals surface area contributed by atoms with Crippen molar-refractivity contribution in [1.29, 1.82) is 0 Å². The summed E-state index contributed by atoms with van der Waals surface area (Å²) in [5.74, 6) is 0. The van der Waals surface area contributed by atoms with Crippen molar-refractivity contribution < 1.29 is 29.4 Å². The molecule has 1 aromatic carbocycles. The first-order valence-electron chi connectivity index (χ1n) is 2.58. The summed E-state index contributed by atoms with van der Waals surface area (Å²) in [7, 11) is 0. The van der Waals surface area contributed by atoms with E-state index >= 15 is 0 Å². The van der Waals surface area contributed by atoms with E-state index in [1.165, 1.54) is 8.16 Å². The van der Waals surface area contributed by atoms with Crippen LogP contribution in [-0.2, 0) is 0 Å². The van der Waals surface area contributed by atoms with E-state index in [1.807, 2.05) is 0 Å². The number of aryl methyl sites for hydroxylation is 1. The molecule has 8 heavy (non-hydrogen) atoms. The van der Waals surface area contributed by atoms with E-state index in [0.717, 1.165) is 29.4 Å². The third-order valence-electron chi connectivity index (χ3n) is 1.15. The van der Waals surface area contributed by atoms with E-state index in [9.17, 15) is 0 Å². The minimum absolute atomic E-state index is 0.976. The van der Waals surface area contributed by atoms with Crippen LogP contribution in [0.3, 0.4) is 0 Å². The second kappa shape index (κ2) is 2.71. The first kappa shape index (κ1) is 6.39.